The van der Waals surface area contributed by atoms with E-state index in [-0.39, 0.29) is 16.9 Å². The van der Waals surface area contributed by atoms with Gasteiger partial charge in [0.05, 0.1) is 18.4 Å². The van der Waals surface area contributed by atoms with Gasteiger partial charge in [-0.1, -0.05) is 17.7 Å². The lowest BCUT2D eigenvalue weighted by molar-refractivity contribution is 0.0602. The number of aromatic nitrogens is 1. The maximum absolute atomic E-state index is 12.2. The summed E-state index contributed by atoms with van der Waals surface area (Å²) < 4.78 is 5.20. The molecule has 0 saturated carbocycles. The molecule has 21 heavy (non-hydrogen) atoms. The van der Waals surface area contributed by atoms with Gasteiger partial charge in [0.25, 0.3) is 5.91 Å². The number of pyridine rings is 1. The Morgan fingerprint density at radius 3 is 2.71 bits per heavy atom. The number of halogens is 2. The molecule has 0 aliphatic carbocycles. The highest BCUT2D eigenvalue weighted by Gasteiger charge is 2.16. The molecule has 2 rings (SSSR count). The van der Waals surface area contributed by atoms with Crippen molar-refractivity contribution in [1.29, 1.82) is 0 Å². The number of methoxy groups -OCH3 is 1. The highest BCUT2D eigenvalue weighted by Crippen LogP contribution is 2.22. The second-order valence-corrected chi connectivity index (χ2v) is 5.23. The largest absolute Gasteiger partial charge is 0.465 e. The average molecular weight is 370 g/mol. The SMILES string of the molecule is COC(=O)c1ccc(Cl)cc1NC(=O)c1cccc(Br)n1. The summed E-state index contributed by atoms with van der Waals surface area (Å²) in [7, 11) is 1.26. The van der Waals surface area contributed by atoms with Crippen LogP contribution in [0.15, 0.2) is 41.0 Å². The third kappa shape index (κ3) is 3.80. The van der Waals surface area contributed by atoms with E-state index in [4.69, 9.17) is 11.6 Å². The van der Waals surface area contributed by atoms with Gasteiger partial charge in [-0.05, 0) is 46.3 Å². The fourth-order valence-corrected chi connectivity index (χ4v) is 2.14. The van der Waals surface area contributed by atoms with Crippen LogP contribution in [0.3, 0.4) is 0 Å². The molecular weight excluding hydrogens is 360 g/mol. The molecule has 1 N–H and O–H groups in total. The predicted molar refractivity (Wildman–Crippen MR) is 82.7 cm³/mol. The molecule has 0 fully saturated rings. The van der Waals surface area contributed by atoms with Crippen LogP contribution in [-0.4, -0.2) is 24.0 Å². The van der Waals surface area contributed by atoms with Gasteiger partial charge < -0.3 is 10.1 Å². The molecule has 1 aromatic carbocycles. The minimum atomic E-state index is -0.566. The first kappa shape index (κ1) is 15.5. The summed E-state index contributed by atoms with van der Waals surface area (Å²) in [6, 6.07) is 9.45. The maximum Gasteiger partial charge on any atom is 0.339 e. The quantitative estimate of drug-likeness (QED) is 0.664. The summed E-state index contributed by atoms with van der Waals surface area (Å²) in [5.74, 6) is -1.02. The van der Waals surface area contributed by atoms with Gasteiger partial charge in [-0.25, -0.2) is 9.78 Å². The van der Waals surface area contributed by atoms with Gasteiger partial charge in [0, 0.05) is 5.02 Å². The van der Waals surface area contributed by atoms with Crippen LogP contribution in [0.1, 0.15) is 20.8 Å². The van der Waals surface area contributed by atoms with Crippen LogP contribution < -0.4 is 5.32 Å². The normalized spacial score (nSPS) is 10.0. The molecular formula is C14H10BrClN2O3. The third-order valence-corrected chi connectivity index (χ3v) is 3.26. The van der Waals surface area contributed by atoms with Crippen LogP contribution in [0, 0.1) is 0 Å². The highest BCUT2D eigenvalue weighted by atomic mass is 79.9. The van der Waals surface area contributed by atoms with Crippen LogP contribution in [0.5, 0.6) is 0 Å². The van der Waals surface area contributed by atoms with Crippen molar-refractivity contribution in [2.75, 3.05) is 12.4 Å². The Morgan fingerprint density at radius 2 is 2.05 bits per heavy atom. The lowest BCUT2D eigenvalue weighted by Crippen LogP contribution is -2.16. The molecule has 1 heterocycles. The van der Waals surface area contributed by atoms with Gasteiger partial charge in [-0.15, -0.1) is 0 Å². The van der Waals surface area contributed by atoms with Crippen molar-refractivity contribution in [1.82, 2.24) is 4.98 Å². The number of anilines is 1. The molecule has 0 aliphatic heterocycles. The summed E-state index contributed by atoms with van der Waals surface area (Å²) in [4.78, 5) is 27.9. The standard InChI is InChI=1S/C14H10BrClN2O3/c1-21-14(20)9-6-5-8(16)7-11(9)18-13(19)10-3-2-4-12(15)17-10/h2-7H,1H3,(H,18,19). The number of ether oxygens (including phenoxy) is 1. The van der Waals surface area contributed by atoms with Gasteiger partial charge in [-0.3, -0.25) is 4.79 Å². The van der Waals surface area contributed by atoms with Crippen molar-refractivity contribution < 1.29 is 14.3 Å². The van der Waals surface area contributed by atoms with Crippen LogP contribution in [0.2, 0.25) is 5.02 Å². The van der Waals surface area contributed by atoms with E-state index in [2.05, 4.69) is 31.0 Å². The van der Waals surface area contributed by atoms with Crippen molar-refractivity contribution in [3.05, 3.63) is 57.3 Å². The summed E-state index contributed by atoms with van der Waals surface area (Å²) in [5.41, 5.74) is 0.687. The van der Waals surface area contributed by atoms with E-state index in [1.807, 2.05) is 0 Å². The Labute approximate surface area is 134 Å². The van der Waals surface area contributed by atoms with E-state index in [1.54, 1.807) is 24.3 Å². The second-order valence-electron chi connectivity index (χ2n) is 3.98. The fraction of sp³-hybridized carbons (Fsp3) is 0.0714. The molecule has 0 radical (unpaired) electrons. The van der Waals surface area contributed by atoms with Crippen molar-refractivity contribution in [3.63, 3.8) is 0 Å². The first-order valence-electron chi connectivity index (χ1n) is 5.83. The minimum Gasteiger partial charge on any atom is -0.465 e. The lowest BCUT2D eigenvalue weighted by atomic mass is 10.1. The van der Waals surface area contributed by atoms with E-state index < -0.39 is 11.9 Å². The Balaban J connectivity index is 2.32. The number of carbonyl (C=O) groups excluding carboxylic acids is 2. The number of esters is 1. The molecule has 108 valence electrons. The van der Waals surface area contributed by atoms with Gasteiger partial charge in [-0.2, -0.15) is 0 Å². The number of nitrogens with zero attached hydrogens (tertiary/aromatic N) is 1. The fourth-order valence-electron chi connectivity index (χ4n) is 1.63. The van der Waals surface area contributed by atoms with E-state index in [0.717, 1.165) is 0 Å². The summed E-state index contributed by atoms with van der Waals surface area (Å²) in [6.07, 6.45) is 0. The molecule has 0 aliphatic rings. The van der Waals surface area contributed by atoms with E-state index in [9.17, 15) is 9.59 Å². The second kappa shape index (κ2) is 6.69. The third-order valence-electron chi connectivity index (χ3n) is 2.58. The molecule has 7 heteroatoms. The summed E-state index contributed by atoms with van der Waals surface area (Å²) >= 11 is 9.08. The number of rotatable bonds is 3. The molecule has 5 nitrogen and oxygen atoms in total. The van der Waals surface area contributed by atoms with Crippen molar-refractivity contribution >= 4 is 45.1 Å². The summed E-state index contributed by atoms with van der Waals surface area (Å²) in [6.45, 7) is 0. The summed E-state index contributed by atoms with van der Waals surface area (Å²) in [5, 5.41) is 2.99. The van der Waals surface area contributed by atoms with E-state index in [0.29, 0.717) is 9.63 Å². The molecule has 0 atom stereocenters. The smallest absolute Gasteiger partial charge is 0.339 e. The van der Waals surface area contributed by atoms with Crippen LogP contribution in [-0.2, 0) is 4.74 Å². The molecule has 2 aromatic rings. The zero-order valence-electron chi connectivity index (χ0n) is 10.9. The van der Waals surface area contributed by atoms with Gasteiger partial charge in [0.15, 0.2) is 0 Å². The zero-order chi connectivity index (χ0) is 15.4. The van der Waals surface area contributed by atoms with Gasteiger partial charge >= 0.3 is 5.97 Å². The van der Waals surface area contributed by atoms with E-state index >= 15 is 0 Å². The predicted octanol–water partition coefficient (Wildman–Crippen LogP) is 3.54. The minimum absolute atomic E-state index is 0.208. The molecule has 1 amide bonds. The maximum atomic E-state index is 12.2. The number of benzene rings is 1. The van der Waals surface area contributed by atoms with Crippen molar-refractivity contribution in [2.24, 2.45) is 0 Å². The molecule has 0 unspecified atom stereocenters. The number of hydrogen-bond donors (Lipinski definition) is 1. The van der Waals surface area contributed by atoms with Crippen molar-refractivity contribution in [3.8, 4) is 0 Å². The number of nitrogens with one attached hydrogen (secondary N) is 1. The topological polar surface area (TPSA) is 68.3 Å². The zero-order valence-corrected chi connectivity index (χ0v) is 13.2. The number of carbonyl (C=O) groups is 2. The molecule has 1 aromatic heterocycles. The Kier molecular flexibility index (Phi) is 4.93. The molecule has 0 spiro atoms. The highest BCUT2D eigenvalue weighted by molar-refractivity contribution is 9.10. The lowest BCUT2D eigenvalue weighted by Gasteiger charge is -2.10. The Bertz CT molecular complexity index is 706. The van der Waals surface area contributed by atoms with Gasteiger partial charge in [0.1, 0.15) is 10.3 Å². The monoisotopic (exact) mass is 368 g/mol. The number of hydrogen-bond acceptors (Lipinski definition) is 4. The first-order chi connectivity index (χ1) is 10.0. The van der Waals surface area contributed by atoms with Crippen LogP contribution in [0.4, 0.5) is 5.69 Å². The van der Waals surface area contributed by atoms with Crippen LogP contribution >= 0.6 is 27.5 Å². The van der Waals surface area contributed by atoms with Crippen LogP contribution in [0.25, 0.3) is 0 Å². The van der Waals surface area contributed by atoms with E-state index in [1.165, 1.54) is 19.2 Å². The molecule has 0 bridgehead atoms. The Hall–Kier alpha value is -1.92. The number of amides is 1. The molecule has 0 saturated heterocycles. The van der Waals surface area contributed by atoms with Crippen molar-refractivity contribution in [2.45, 2.75) is 0 Å². The Morgan fingerprint density at radius 1 is 1.29 bits per heavy atom. The average Bonchev–Trinajstić information content (AvgIpc) is 2.46. The van der Waals surface area contributed by atoms with Gasteiger partial charge in [0.2, 0.25) is 0 Å². The first-order valence-corrected chi connectivity index (χ1v) is 7.00.